The number of alkyl carbamates (subject to hydrolysis) is 1. The van der Waals surface area contributed by atoms with Gasteiger partial charge in [0, 0.05) is 17.4 Å². The summed E-state index contributed by atoms with van der Waals surface area (Å²) in [6.07, 6.45) is 2.26. The summed E-state index contributed by atoms with van der Waals surface area (Å²) < 4.78 is 15.9. The summed E-state index contributed by atoms with van der Waals surface area (Å²) in [6.45, 7) is 3.38. The van der Waals surface area contributed by atoms with Gasteiger partial charge in [-0.2, -0.15) is 0 Å². The summed E-state index contributed by atoms with van der Waals surface area (Å²) in [5, 5.41) is 17.4. The first-order valence-electron chi connectivity index (χ1n) is 10.8. The Kier molecular flexibility index (Phi) is 8.47. The maximum absolute atomic E-state index is 12.5. The van der Waals surface area contributed by atoms with E-state index in [-0.39, 0.29) is 12.6 Å². The van der Waals surface area contributed by atoms with Crippen LogP contribution in [-0.2, 0) is 4.74 Å². The predicted octanol–water partition coefficient (Wildman–Crippen LogP) is 4.55. The molecule has 4 N–H and O–H groups in total. The number of aromatic nitrogens is 1. The second-order valence-corrected chi connectivity index (χ2v) is 7.47. The van der Waals surface area contributed by atoms with E-state index in [1.165, 1.54) is 13.5 Å². The van der Waals surface area contributed by atoms with Crippen molar-refractivity contribution in [2.24, 2.45) is 0 Å². The molecule has 0 spiro atoms. The van der Waals surface area contributed by atoms with Gasteiger partial charge < -0.3 is 34.9 Å². The lowest BCUT2D eigenvalue weighted by Crippen LogP contribution is -2.32. The summed E-state index contributed by atoms with van der Waals surface area (Å²) in [7, 11) is 1.53. The number of amides is 3. The van der Waals surface area contributed by atoms with Crippen LogP contribution in [0.5, 0.6) is 5.75 Å². The summed E-state index contributed by atoms with van der Waals surface area (Å²) in [5.41, 5.74) is 2.55. The Balaban J connectivity index is 1.61. The van der Waals surface area contributed by atoms with Crippen molar-refractivity contribution in [2.75, 3.05) is 24.4 Å². The Morgan fingerprint density at radius 2 is 1.91 bits per heavy atom. The van der Waals surface area contributed by atoms with E-state index in [0.717, 1.165) is 5.56 Å². The van der Waals surface area contributed by atoms with Crippen LogP contribution in [0.3, 0.4) is 0 Å². The van der Waals surface area contributed by atoms with Crippen LogP contribution in [0.1, 0.15) is 31.9 Å². The molecule has 0 fully saturated rings. The highest BCUT2D eigenvalue weighted by atomic mass is 16.6. The first-order valence-corrected chi connectivity index (χ1v) is 10.8. The molecule has 2 atom stereocenters. The summed E-state index contributed by atoms with van der Waals surface area (Å²) in [4.78, 5) is 28.5. The molecule has 180 valence electrons. The van der Waals surface area contributed by atoms with Crippen LogP contribution < -0.4 is 20.7 Å². The standard InChI is InChI=1S/C24H28N4O6/c1-4-19(13-29)34-24(31)26-15(2)16-6-5-7-17(10-16)27-23(30)28-18-8-9-20(21(11-18)32-3)22-12-25-14-33-22/h5-12,14-15,19,29H,4,13H2,1-3H3,(H,26,31)(H2,27,28,30). The number of urea groups is 1. The number of anilines is 2. The monoisotopic (exact) mass is 468 g/mol. The van der Waals surface area contributed by atoms with Gasteiger partial charge in [-0.05, 0) is 43.2 Å². The number of aliphatic hydroxyl groups excluding tert-OH is 1. The van der Waals surface area contributed by atoms with Crippen molar-refractivity contribution in [3.8, 4) is 17.1 Å². The molecule has 0 saturated heterocycles. The summed E-state index contributed by atoms with van der Waals surface area (Å²) in [5.74, 6) is 1.08. The fourth-order valence-corrected chi connectivity index (χ4v) is 3.20. The average Bonchev–Trinajstić information content (AvgIpc) is 3.37. The van der Waals surface area contributed by atoms with Crippen LogP contribution in [0.25, 0.3) is 11.3 Å². The molecular weight excluding hydrogens is 440 g/mol. The highest BCUT2D eigenvalue weighted by molar-refractivity contribution is 6.00. The molecule has 10 heteroatoms. The highest BCUT2D eigenvalue weighted by Gasteiger charge is 2.16. The molecule has 2 aromatic carbocycles. The van der Waals surface area contributed by atoms with Crippen molar-refractivity contribution < 1.29 is 28.6 Å². The molecule has 0 aliphatic carbocycles. The summed E-state index contributed by atoms with van der Waals surface area (Å²) in [6, 6.07) is 11.4. The Morgan fingerprint density at radius 3 is 2.56 bits per heavy atom. The number of ether oxygens (including phenoxy) is 2. The molecule has 0 aliphatic heterocycles. The van der Waals surface area contributed by atoms with Crippen LogP contribution in [0.15, 0.2) is 59.5 Å². The number of benzene rings is 2. The van der Waals surface area contributed by atoms with E-state index in [4.69, 9.17) is 13.9 Å². The normalized spacial score (nSPS) is 12.4. The molecule has 0 radical (unpaired) electrons. The van der Waals surface area contributed by atoms with Gasteiger partial charge in [-0.25, -0.2) is 14.6 Å². The third-order valence-corrected chi connectivity index (χ3v) is 5.07. The number of carbonyl (C=O) groups is 2. The lowest BCUT2D eigenvalue weighted by Gasteiger charge is -2.18. The zero-order valence-electron chi connectivity index (χ0n) is 19.2. The van der Waals surface area contributed by atoms with Crippen LogP contribution in [0, 0.1) is 0 Å². The highest BCUT2D eigenvalue weighted by Crippen LogP contribution is 2.32. The zero-order chi connectivity index (χ0) is 24.5. The summed E-state index contributed by atoms with van der Waals surface area (Å²) >= 11 is 0. The van der Waals surface area contributed by atoms with Crippen LogP contribution >= 0.6 is 0 Å². The Bertz CT molecular complexity index is 1100. The third kappa shape index (κ3) is 6.48. The van der Waals surface area contributed by atoms with Gasteiger partial charge in [-0.1, -0.05) is 19.1 Å². The molecule has 3 rings (SSSR count). The SMILES string of the molecule is CCC(CO)OC(=O)NC(C)c1cccc(NC(=O)Nc2ccc(-c3cnco3)c(OC)c2)c1. The van der Waals surface area contributed by atoms with Gasteiger partial charge in [0.2, 0.25) is 0 Å². The smallest absolute Gasteiger partial charge is 0.407 e. The first kappa shape index (κ1) is 24.6. The molecule has 2 unspecified atom stereocenters. The molecule has 3 amide bonds. The Labute approximate surface area is 197 Å². The van der Waals surface area contributed by atoms with Crippen LogP contribution in [0.4, 0.5) is 21.0 Å². The Hall–Kier alpha value is -4.05. The van der Waals surface area contributed by atoms with E-state index in [9.17, 15) is 14.7 Å². The number of aliphatic hydroxyl groups is 1. The number of nitrogens with zero attached hydrogens (tertiary/aromatic N) is 1. The maximum Gasteiger partial charge on any atom is 0.407 e. The number of rotatable bonds is 9. The van der Waals surface area contributed by atoms with Crippen molar-refractivity contribution in [2.45, 2.75) is 32.4 Å². The van der Waals surface area contributed by atoms with E-state index in [0.29, 0.717) is 34.9 Å². The fraction of sp³-hybridized carbons (Fsp3) is 0.292. The van der Waals surface area contributed by atoms with E-state index < -0.39 is 18.2 Å². The van der Waals surface area contributed by atoms with Gasteiger partial charge in [0.05, 0.1) is 31.5 Å². The number of methoxy groups -OCH3 is 1. The number of oxazole rings is 1. The average molecular weight is 469 g/mol. The van der Waals surface area contributed by atoms with Gasteiger partial charge in [0.25, 0.3) is 0 Å². The molecule has 1 heterocycles. The number of hydrogen-bond acceptors (Lipinski definition) is 7. The second-order valence-electron chi connectivity index (χ2n) is 7.47. The van der Waals surface area contributed by atoms with Crippen molar-refractivity contribution in [1.29, 1.82) is 0 Å². The number of nitrogens with one attached hydrogen (secondary N) is 3. The molecule has 3 aromatic rings. The van der Waals surface area contributed by atoms with Gasteiger partial charge in [-0.3, -0.25) is 0 Å². The molecule has 0 aliphatic rings. The lowest BCUT2D eigenvalue weighted by molar-refractivity contribution is 0.0539. The van der Waals surface area contributed by atoms with Crippen LogP contribution in [-0.4, -0.2) is 42.0 Å². The predicted molar refractivity (Wildman–Crippen MR) is 127 cm³/mol. The number of hydrogen-bond donors (Lipinski definition) is 4. The van der Waals surface area contributed by atoms with E-state index in [2.05, 4.69) is 20.9 Å². The van der Waals surface area contributed by atoms with E-state index in [1.807, 2.05) is 13.0 Å². The molecule has 0 bridgehead atoms. The Morgan fingerprint density at radius 1 is 1.15 bits per heavy atom. The minimum absolute atomic E-state index is 0.235. The lowest BCUT2D eigenvalue weighted by atomic mass is 10.1. The maximum atomic E-state index is 12.5. The topological polar surface area (TPSA) is 135 Å². The van der Waals surface area contributed by atoms with Crippen molar-refractivity contribution in [1.82, 2.24) is 10.3 Å². The molecule has 1 aromatic heterocycles. The first-order chi connectivity index (χ1) is 16.4. The minimum Gasteiger partial charge on any atom is -0.496 e. The van der Waals surface area contributed by atoms with Gasteiger partial charge >= 0.3 is 12.1 Å². The zero-order valence-corrected chi connectivity index (χ0v) is 19.2. The molecule has 10 nitrogen and oxygen atoms in total. The van der Waals surface area contributed by atoms with Gasteiger partial charge in [-0.15, -0.1) is 0 Å². The van der Waals surface area contributed by atoms with E-state index in [1.54, 1.807) is 49.5 Å². The second kappa shape index (κ2) is 11.7. The fourth-order valence-electron chi connectivity index (χ4n) is 3.20. The molecule has 0 saturated carbocycles. The van der Waals surface area contributed by atoms with E-state index >= 15 is 0 Å². The quantitative estimate of drug-likeness (QED) is 0.362. The van der Waals surface area contributed by atoms with Gasteiger partial charge in [0.15, 0.2) is 12.2 Å². The molecule has 34 heavy (non-hydrogen) atoms. The number of carbonyl (C=O) groups excluding carboxylic acids is 2. The third-order valence-electron chi connectivity index (χ3n) is 5.07. The van der Waals surface area contributed by atoms with Crippen LogP contribution in [0.2, 0.25) is 0 Å². The largest absolute Gasteiger partial charge is 0.496 e. The van der Waals surface area contributed by atoms with Crippen molar-refractivity contribution >= 4 is 23.5 Å². The van der Waals surface area contributed by atoms with Crippen molar-refractivity contribution in [3.63, 3.8) is 0 Å². The minimum atomic E-state index is -0.618. The van der Waals surface area contributed by atoms with Gasteiger partial charge in [0.1, 0.15) is 11.9 Å². The molecular formula is C24H28N4O6. The van der Waals surface area contributed by atoms with Crippen molar-refractivity contribution in [3.05, 3.63) is 60.6 Å².